The molecule has 92 valence electrons. The predicted molar refractivity (Wildman–Crippen MR) is 69.3 cm³/mol. The highest BCUT2D eigenvalue weighted by Gasteiger charge is 2.14. The zero-order chi connectivity index (χ0) is 13.0. The fraction of sp³-hybridized carbons (Fsp3) is 0.300. The van der Waals surface area contributed by atoms with E-state index in [0.717, 1.165) is 0 Å². The fourth-order valence-corrected chi connectivity index (χ4v) is 1.65. The maximum absolute atomic E-state index is 11.6. The molecule has 0 saturated carbocycles. The molecule has 0 radical (unpaired) electrons. The number of nitrogens with zero attached hydrogens (tertiary/aromatic N) is 1. The number of non-ortho nitro benzene ring substituents is 1. The summed E-state index contributed by atoms with van der Waals surface area (Å²) < 4.78 is 0.460. The molecule has 0 aliphatic heterocycles. The smallest absolute Gasteiger partial charge is 0.270 e. The molecule has 0 aromatic heterocycles. The van der Waals surface area contributed by atoms with Gasteiger partial charge in [-0.1, -0.05) is 6.92 Å². The third kappa shape index (κ3) is 3.67. The van der Waals surface area contributed by atoms with Crippen LogP contribution in [0.1, 0.15) is 6.92 Å². The Bertz CT molecular complexity index is 453. The van der Waals surface area contributed by atoms with Gasteiger partial charge in [-0.05, 0) is 22.0 Å². The molecule has 1 atom stereocenters. The third-order valence-electron chi connectivity index (χ3n) is 2.10. The van der Waals surface area contributed by atoms with E-state index in [0.29, 0.717) is 10.2 Å². The summed E-state index contributed by atoms with van der Waals surface area (Å²) >= 11 is 8.72. The van der Waals surface area contributed by atoms with Crippen molar-refractivity contribution in [1.82, 2.24) is 0 Å². The Morgan fingerprint density at radius 1 is 1.65 bits per heavy atom. The molecule has 0 saturated heterocycles. The summed E-state index contributed by atoms with van der Waals surface area (Å²) in [6, 6.07) is 4.13. The molecule has 1 rings (SSSR count). The maximum atomic E-state index is 11.6. The molecule has 0 heterocycles. The van der Waals surface area contributed by atoms with Crippen molar-refractivity contribution >= 4 is 44.8 Å². The average molecular weight is 322 g/mol. The minimum Gasteiger partial charge on any atom is -0.325 e. The van der Waals surface area contributed by atoms with Gasteiger partial charge in [0.15, 0.2) is 0 Å². The number of amides is 1. The van der Waals surface area contributed by atoms with E-state index in [2.05, 4.69) is 21.2 Å². The van der Waals surface area contributed by atoms with Crippen LogP contribution in [0, 0.1) is 16.0 Å². The monoisotopic (exact) mass is 320 g/mol. The standard InChI is InChI=1S/C10H10BrClN2O3/c1-6(5-12)10(15)13-9-3-2-7(14(16)17)4-8(9)11/h2-4,6H,5H2,1H3,(H,13,15). The SMILES string of the molecule is CC(CCl)C(=O)Nc1ccc([N+](=O)[O-])cc1Br. The van der Waals surface area contributed by atoms with Crippen LogP contribution < -0.4 is 5.32 Å². The topological polar surface area (TPSA) is 72.2 Å². The highest BCUT2D eigenvalue weighted by Crippen LogP contribution is 2.27. The number of nitrogens with one attached hydrogen (secondary N) is 1. The lowest BCUT2D eigenvalue weighted by molar-refractivity contribution is -0.384. The Balaban J connectivity index is 2.86. The van der Waals surface area contributed by atoms with Gasteiger partial charge in [0.1, 0.15) is 0 Å². The molecule has 0 bridgehead atoms. The van der Waals surface area contributed by atoms with Crippen molar-refractivity contribution < 1.29 is 9.72 Å². The number of carbonyl (C=O) groups excluding carboxylic acids is 1. The molecule has 7 heteroatoms. The molecule has 0 aliphatic rings. The van der Waals surface area contributed by atoms with Gasteiger partial charge in [0.05, 0.1) is 10.6 Å². The molecule has 1 amide bonds. The number of rotatable bonds is 4. The number of hydrogen-bond acceptors (Lipinski definition) is 3. The summed E-state index contributed by atoms with van der Waals surface area (Å²) in [5.41, 5.74) is 0.442. The maximum Gasteiger partial charge on any atom is 0.270 e. The van der Waals surface area contributed by atoms with Gasteiger partial charge in [-0.25, -0.2) is 0 Å². The zero-order valence-corrected chi connectivity index (χ0v) is 11.3. The van der Waals surface area contributed by atoms with Crippen LogP contribution in [0.25, 0.3) is 0 Å². The number of nitro groups is 1. The molecule has 17 heavy (non-hydrogen) atoms. The Labute approximate surface area is 111 Å². The minimum absolute atomic E-state index is 0.0414. The van der Waals surface area contributed by atoms with Crippen LogP contribution >= 0.6 is 27.5 Å². The molecule has 5 nitrogen and oxygen atoms in total. The van der Waals surface area contributed by atoms with E-state index < -0.39 is 4.92 Å². The first kappa shape index (κ1) is 13.9. The molecule has 1 N–H and O–H groups in total. The van der Waals surface area contributed by atoms with Crippen LogP contribution in [0.2, 0.25) is 0 Å². The van der Waals surface area contributed by atoms with Gasteiger partial charge in [0.25, 0.3) is 5.69 Å². The van der Waals surface area contributed by atoms with Gasteiger partial charge < -0.3 is 5.32 Å². The molecule has 1 aromatic rings. The van der Waals surface area contributed by atoms with Gasteiger partial charge in [0.2, 0.25) is 5.91 Å². The Morgan fingerprint density at radius 3 is 2.76 bits per heavy atom. The van der Waals surface area contributed by atoms with Gasteiger partial charge in [-0.3, -0.25) is 14.9 Å². The fourth-order valence-electron chi connectivity index (χ4n) is 1.04. The van der Waals surface area contributed by atoms with E-state index in [1.165, 1.54) is 18.2 Å². The van der Waals surface area contributed by atoms with Crippen molar-refractivity contribution in [3.05, 3.63) is 32.8 Å². The van der Waals surface area contributed by atoms with Crippen LogP contribution in [-0.2, 0) is 4.79 Å². The van der Waals surface area contributed by atoms with Gasteiger partial charge in [0, 0.05) is 28.4 Å². The third-order valence-corrected chi connectivity index (χ3v) is 3.22. The summed E-state index contributed by atoms with van der Waals surface area (Å²) in [5.74, 6) is -0.329. The van der Waals surface area contributed by atoms with Crippen molar-refractivity contribution in [3.63, 3.8) is 0 Å². The molecule has 0 fully saturated rings. The number of halogens is 2. The largest absolute Gasteiger partial charge is 0.325 e. The molecular formula is C10H10BrClN2O3. The Hall–Kier alpha value is -1.14. The van der Waals surface area contributed by atoms with Crippen molar-refractivity contribution in [2.75, 3.05) is 11.2 Å². The van der Waals surface area contributed by atoms with E-state index >= 15 is 0 Å². The van der Waals surface area contributed by atoms with E-state index in [1.807, 2.05) is 0 Å². The van der Waals surface area contributed by atoms with Crippen LogP contribution in [0.4, 0.5) is 11.4 Å². The molecule has 0 spiro atoms. The number of alkyl halides is 1. The van der Waals surface area contributed by atoms with Gasteiger partial charge in [-0.2, -0.15) is 0 Å². The molecule has 1 unspecified atom stereocenters. The van der Waals surface area contributed by atoms with E-state index in [-0.39, 0.29) is 23.4 Å². The first-order valence-corrected chi connectivity index (χ1v) is 6.09. The quantitative estimate of drug-likeness (QED) is 0.526. The highest BCUT2D eigenvalue weighted by atomic mass is 79.9. The van der Waals surface area contributed by atoms with Crippen LogP contribution in [0.15, 0.2) is 22.7 Å². The summed E-state index contributed by atoms with van der Waals surface area (Å²) in [7, 11) is 0. The number of benzene rings is 1. The number of nitro benzene ring substituents is 1. The number of hydrogen-bond donors (Lipinski definition) is 1. The molecular weight excluding hydrogens is 311 g/mol. The number of anilines is 1. The van der Waals surface area contributed by atoms with E-state index in [1.54, 1.807) is 6.92 Å². The van der Waals surface area contributed by atoms with Crippen molar-refractivity contribution in [1.29, 1.82) is 0 Å². The minimum atomic E-state index is -0.502. The second kappa shape index (κ2) is 5.97. The lowest BCUT2D eigenvalue weighted by atomic mass is 10.2. The van der Waals surface area contributed by atoms with E-state index in [9.17, 15) is 14.9 Å². The summed E-state index contributed by atoms with van der Waals surface area (Å²) in [4.78, 5) is 21.6. The van der Waals surface area contributed by atoms with Gasteiger partial charge in [-0.15, -0.1) is 11.6 Å². The summed E-state index contributed by atoms with van der Waals surface area (Å²) in [5, 5.41) is 13.2. The zero-order valence-electron chi connectivity index (χ0n) is 8.94. The van der Waals surface area contributed by atoms with Crippen LogP contribution in [0.3, 0.4) is 0 Å². The first-order valence-electron chi connectivity index (χ1n) is 4.76. The summed E-state index contributed by atoms with van der Waals surface area (Å²) in [6.45, 7) is 1.70. The van der Waals surface area contributed by atoms with Crippen LogP contribution in [-0.4, -0.2) is 16.7 Å². The summed E-state index contributed by atoms with van der Waals surface area (Å²) in [6.07, 6.45) is 0. The van der Waals surface area contributed by atoms with Crippen molar-refractivity contribution in [2.24, 2.45) is 5.92 Å². The second-order valence-corrected chi connectivity index (χ2v) is 4.63. The normalized spacial score (nSPS) is 11.9. The lowest BCUT2D eigenvalue weighted by Crippen LogP contribution is -2.21. The van der Waals surface area contributed by atoms with Crippen LogP contribution in [0.5, 0.6) is 0 Å². The molecule has 0 aliphatic carbocycles. The average Bonchev–Trinajstić information content (AvgIpc) is 2.30. The Morgan fingerprint density at radius 2 is 2.29 bits per heavy atom. The first-order chi connectivity index (χ1) is 7.95. The second-order valence-electron chi connectivity index (χ2n) is 3.47. The predicted octanol–water partition coefficient (Wildman–Crippen LogP) is 3.17. The van der Waals surface area contributed by atoms with Crippen molar-refractivity contribution in [2.45, 2.75) is 6.92 Å². The molecule has 1 aromatic carbocycles. The van der Waals surface area contributed by atoms with Gasteiger partial charge >= 0.3 is 0 Å². The number of carbonyl (C=O) groups is 1. The van der Waals surface area contributed by atoms with Crippen molar-refractivity contribution in [3.8, 4) is 0 Å². The Kier molecular flexibility index (Phi) is 4.89. The lowest BCUT2D eigenvalue weighted by Gasteiger charge is -2.10. The van der Waals surface area contributed by atoms with E-state index in [4.69, 9.17) is 11.6 Å². The highest BCUT2D eigenvalue weighted by molar-refractivity contribution is 9.10.